The average Bonchev–Trinajstić information content (AvgIpc) is 3.67. The lowest BCUT2D eigenvalue weighted by molar-refractivity contribution is -0.132. The number of esters is 1. The largest absolute Gasteiger partial charge is 0.420 e. The van der Waals surface area contributed by atoms with Crippen molar-refractivity contribution in [2.75, 3.05) is 5.01 Å². The Bertz CT molecular complexity index is 1510. The Kier molecular flexibility index (Phi) is 5.12. The minimum Gasteiger partial charge on any atom is -0.420 e. The van der Waals surface area contributed by atoms with Crippen LogP contribution in [0.15, 0.2) is 58.4 Å². The Hall–Kier alpha value is -3.46. The van der Waals surface area contributed by atoms with E-state index in [9.17, 15) is 18.8 Å². The predicted octanol–water partition coefficient (Wildman–Crippen LogP) is 4.75. The monoisotopic (exact) mass is 508 g/mol. The topological polar surface area (TPSA) is 68.6 Å². The molecule has 0 saturated heterocycles. The fraction of sp³-hybridized carbons (Fsp3) is 0.296. The van der Waals surface area contributed by atoms with Crippen LogP contribution in [-0.2, 0) is 10.5 Å². The number of Topliss-reactive ketones (excluding diaryl/α,β-unsaturated/α-hetero) is 1. The average molecular weight is 509 g/mol. The fourth-order valence-electron chi connectivity index (χ4n) is 5.59. The van der Waals surface area contributed by atoms with E-state index in [4.69, 9.17) is 4.74 Å². The summed E-state index contributed by atoms with van der Waals surface area (Å²) < 4.78 is 36.3. The van der Waals surface area contributed by atoms with E-state index < -0.39 is 34.5 Å². The van der Waals surface area contributed by atoms with Gasteiger partial charge in [0.15, 0.2) is 23.1 Å². The third-order valence-electron chi connectivity index (χ3n) is 7.56. The zero-order valence-corrected chi connectivity index (χ0v) is 20.4. The van der Waals surface area contributed by atoms with Gasteiger partial charge in [-0.2, -0.15) is 0 Å². The van der Waals surface area contributed by atoms with Crippen LogP contribution in [0.2, 0.25) is 0 Å². The van der Waals surface area contributed by atoms with E-state index in [0.717, 1.165) is 16.5 Å². The van der Waals surface area contributed by atoms with E-state index in [-0.39, 0.29) is 34.6 Å². The van der Waals surface area contributed by atoms with Gasteiger partial charge in [0.25, 0.3) is 0 Å². The van der Waals surface area contributed by atoms with E-state index in [0.29, 0.717) is 18.4 Å². The zero-order chi connectivity index (χ0) is 25.4. The molecular weight excluding hydrogens is 486 g/mol. The number of benzene rings is 2. The Morgan fingerprint density at radius 3 is 2.56 bits per heavy atom. The molecule has 36 heavy (non-hydrogen) atoms. The first-order valence-electron chi connectivity index (χ1n) is 11.7. The van der Waals surface area contributed by atoms with Gasteiger partial charge < -0.3 is 4.74 Å². The summed E-state index contributed by atoms with van der Waals surface area (Å²) in [5.41, 5.74) is 0.394. The second-order valence-electron chi connectivity index (χ2n) is 9.50. The number of pyridine rings is 1. The van der Waals surface area contributed by atoms with Crippen molar-refractivity contribution in [3.63, 3.8) is 0 Å². The molecule has 2 atom stereocenters. The van der Waals surface area contributed by atoms with Crippen molar-refractivity contribution in [2.24, 2.45) is 5.41 Å². The van der Waals surface area contributed by atoms with Gasteiger partial charge in [0, 0.05) is 35.4 Å². The van der Waals surface area contributed by atoms with Crippen LogP contribution in [0.1, 0.15) is 59.9 Å². The molecule has 2 unspecified atom stereocenters. The molecule has 3 aromatic rings. The summed E-state index contributed by atoms with van der Waals surface area (Å²) in [7, 11) is 0. The van der Waals surface area contributed by atoms with Crippen molar-refractivity contribution in [3.05, 3.63) is 92.9 Å². The molecule has 6 rings (SSSR count). The van der Waals surface area contributed by atoms with E-state index >= 15 is 4.39 Å². The Labute approximate surface area is 209 Å². The molecular formula is C27H22F2N2O4S. The minimum atomic E-state index is -0.916. The molecule has 9 heteroatoms. The number of carbonyl (C=O) groups is 2. The van der Waals surface area contributed by atoms with E-state index in [1.165, 1.54) is 30.9 Å². The first kappa shape index (κ1) is 23.0. The van der Waals surface area contributed by atoms with Crippen LogP contribution in [0.4, 0.5) is 8.78 Å². The molecule has 1 spiro atoms. The minimum absolute atomic E-state index is 0.00631. The van der Waals surface area contributed by atoms with Crippen LogP contribution in [0.5, 0.6) is 5.75 Å². The summed E-state index contributed by atoms with van der Waals surface area (Å²) in [6.45, 7) is 3.12. The lowest BCUT2D eigenvalue weighted by atomic mass is 9.84. The molecule has 1 aliphatic carbocycles. The maximum Gasteiger partial charge on any atom is 0.308 e. The Morgan fingerprint density at radius 2 is 1.83 bits per heavy atom. The quantitative estimate of drug-likeness (QED) is 0.466. The maximum atomic E-state index is 15.1. The van der Waals surface area contributed by atoms with E-state index in [1.54, 1.807) is 10.7 Å². The molecule has 2 aromatic carbocycles. The molecule has 184 valence electrons. The number of hydrogen-bond acceptors (Lipinski definition) is 6. The molecule has 0 radical (unpaired) electrons. The molecule has 1 aromatic heterocycles. The predicted molar refractivity (Wildman–Crippen MR) is 130 cm³/mol. The van der Waals surface area contributed by atoms with Crippen molar-refractivity contribution in [3.8, 4) is 5.75 Å². The molecule has 0 amide bonds. The first-order valence-corrected chi connectivity index (χ1v) is 12.7. The number of hydrogen-bond donors (Lipinski definition) is 0. The van der Waals surface area contributed by atoms with Crippen LogP contribution < -0.4 is 15.2 Å². The summed E-state index contributed by atoms with van der Waals surface area (Å²) in [6, 6.07) is 10.7. The van der Waals surface area contributed by atoms with Crippen molar-refractivity contribution < 1.29 is 23.1 Å². The second kappa shape index (κ2) is 8.03. The van der Waals surface area contributed by atoms with Gasteiger partial charge >= 0.3 is 5.97 Å². The zero-order valence-electron chi connectivity index (χ0n) is 19.6. The van der Waals surface area contributed by atoms with Crippen LogP contribution in [-0.4, -0.2) is 22.5 Å². The normalized spacial score (nSPS) is 21.3. The standard InChI is InChI=1S/C27H22F2N2O4S/c1-14-27(10-11-27)26(34)24-25(35-15(2)32)20(33)9-12-30(24)31(14)23-16-7-8-19(28)22(29)18(16)13-36-21-6-4-3-5-17(21)23/h3-9,12,14,23H,10-11,13H2,1-2H3. The number of carbonyl (C=O) groups excluding carboxylic acids is 2. The number of nitrogens with zero attached hydrogens (tertiary/aromatic N) is 2. The van der Waals surface area contributed by atoms with E-state index in [2.05, 4.69) is 0 Å². The fourth-order valence-corrected chi connectivity index (χ4v) is 6.71. The summed E-state index contributed by atoms with van der Waals surface area (Å²) in [6.07, 6.45) is 2.72. The second-order valence-corrected chi connectivity index (χ2v) is 10.5. The summed E-state index contributed by atoms with van der Waals surface area (Å²) in [4.78, 5) is 39.3. The number of ketones is 1. The highest BCUT2D eigenvalue weighted by Crippen LogP contribution is 2.57. The van der Waals surface area contributed by atoms with Crippen LogP contribution in [0.25, 0.3) is 0 Å². The Balaban J connectivity index is 1.67. The number of thioether (sulfide) groups is 1. The van der Waals surface area contributed by atoms with Crippen molar-refractivity contribution in [1.82, 2.24) is 4.68 Å². The van der Waals surface area contributed by atoms with Gasteiger partial charge in [-0.15, -0.1) is 11.8 Å². The molecule has 6 nitrogen and oxygen atoms in total. The van der Waals surface area contributed by atoms with Crippen molar-refractivity contribution in [2.45, 2.75) is 49.4 Å². The summed E-state index contributed by atoms with van der Waals surface area (Å²) in [5.74, 6) is -2.82. The van der Waals surface area contributed by atoms with Gasteiger partial charge in [-0.3, -0.25) is 24.1 Å². The smallest absolute Gasteiger partial charge is 0.308 e. The number of fused-ring (bicyclic) bond motifs is 3. The maximum absolute atomic E-state index is 15.1. The van der Waals surface area contributed by atoms with Gasteiger partial charge in [-0.05, 0) is 43.0 Å². The van der Waals surface area contributed by atoms with Gasteiger partial charge in [-0.1, -0.05) is 24.3 Å². The highest BCUT2D eigenvalue weighted by atomic mass is 32.2. The van der Waals surface area contributed by atoms with Crippen molar-refractivity contribution >= 4 is 23.5 Å². The summed E-state index contributed by atoms with van der Waals surface area (Å²) in [5, 5.41) is 1.96. The number of halogens is 2. The molecule has 3 aliphatic rings. The van der Waals surface area contributed by atoms with Gasteiger partial charge in [0.05, 0.1) is 17.5 Å². The molecule has 0 bridgehead atoms. The van der Waals surface area contributed by atoms with Gasteiger partial charge in [-0.25, -0.2) is 8.78 Å². The number of ether oxygens (including phenoxy) is 1. The Morgan fingerprint density at radius 1 is 1.08 bits per heavy atom. The molecule has 2 aliphatic heterocycles. The van der Waals surface area contributed by atoms with Gasteiger partial charge in [0.1, 0.15) is 0 Å². The lowest BCUT2D eigenvalue weighted by Gasteiger charge is -2.47. The third kappa shape index (κ3) is 3.18. The highest BCUT2D eigenvalue weighted by molar-refractivity contribution is 7.98. The van der Waals surface area contributed by atoms with E-state index in [1.807, 2.05) is 36.2 Å². The highest BCUT2D eigenvalue weighted by Gasteiger charge is 2.61. The number of aromatic nitrogens is 1. The third-order valence-corrected chi connectivity index (χ3v) is 8.68. The molecule has 1 saturated carbocycles. The van der Waals surface area contributed by atoms with Crippen molar-refractivity contribution in [1.29, 1.82) is 0 Å². The van der Waals surface area contributed by atoms with Gasteiger partial charge in [0.2, 0.25) is 11.2 Å². The first-order chi connectivity index (χ1) is 17.2. The molecule has 0 N–H and O–H groups in total. The summed E-state index contributed by atoms with van der Waals surface area (Å²) >= 11 is 1.43. The lowest BCUT2D eigenvalue weighted by Crippen LogP contribution is -2.57. The van der Waals surface area contributed by atoms with Crippen LogP contribution in [0, 0.1) is 17.0 Å². The number of rotatable bonds is 2. The SMILES string of the molecule is CC(=O)Oc1c2n(ccc1=O)N(C1c3ccccc3SCc3c1ccc(F)c3F)C(C)C1(CC1)C2=O. The van der Waals surface area contributed by atoms with Crippen LogP contribution >= 0.6 is 11.8 Å². The van der Waals surface area contributed by atoms with Crippen LogP contribution in [0.3, 0.4) is 0 Å². The molecule has 1 fully saturated rings. The molecule has 3 heterocycles.